The van der Waals surface area contributed by atoms with Crippen molar-refractivity contribution in [2.75, 3.05) is 20.3 Å². The van der Waals surface area contributed by atoms with Crippen molar-refractivity contribution in [2.24, 2.45) is 5.10 Å². The van der Waals surface area contributed by atoms with Crippen molar-refractivity contribution in [3.05, 3.63) is 22.2 Å². The highest BCUT2D eigenvalue weighted by Crippen LogP contribution is 2.45. The molecule has 0 heterocycles. The molecule has 6 nitrogen and oxygen atoms in total. The highest BCUT2D eigenvalue weighted by molar-refractivity contribution is 9.10. The first-order valence-electron chi connectivity index (χ1n) is 7.55. The highest BCUT2D eigenvalue weighted by atomic mass is 79.9. The molecule has 0 aliphatic rings. The third kappa shape index (κ3) is 6.11. The van der Waals surface area contributed by atoms with Gasteiger partial charge in [0.05, 0.1) is 19.9 Å². The molecule has 0 atom stereocenters. The summed E-state index contributed by atoms with van der Waals surface area (Å²) < 4.78 is 103. The summed E-state index contributed by atoms with van der Waals surface area (Å²) in [6, 6.07) is -3.31. The number of methoxy groups -OCH3 is 1. The van der Waals surface area contributed by atoms with E-state index >= 15 is 0 Å². The summed E-state index contributed by atoms with van der Waals surface area (Å²) in [6.07, 6.45) is -5.93. The zero-order valence-electron chi connectivity index (χ0n) is 14.8. The van der Waals surface area contributed by atoms with E-state index in [-0.39, 0.29) is 28.1 Å². The quantitative estimate of drug-likeness (QED) is 0.182. The number of hydrogen-bond donors (Lipinski definition) is 1. The van der Waals surface area contributed by atoms with Crippen LogP contribution in [-0.4, -0.2) is 50.7 Å². The minimum Gasteiger partial charge on any atom is -0.493 e. The Morgan fingerprint density at radius 1 is 1.17 bits per heavy atom. The maximum absolute atomic E-state index is 13.2. The number of benzene rings is 1. The minimum absolute atomic E-state index is 0.00803. The lowest BCUT2D eigenvalue weighted by Crippen LogP contribution is -2.58. The van der Waals surface area contributed by atoms with E-state index in [0.29, 0.717) is 11.6 Å². The van der Waals surface area contributed by atoms with Gasteiger partial charge < -0.3 is 14.2 Å². The topological polar surface area (TPSA) is 69.2 Å². The summed E-state index contributed by atoms with van der Waals surface area (Å²) in [5.74, 6) is -7.00. The van der Waals surface area contributed by atoms with Crippen molar-refractivity contribution in [1.82, 2.24) is 5.43 Å². The van der Waals surface area contributed by atoms with Crippen molar-refractivity contribution in [1.29, 1.82) is 0 Å². The monoisotopic (exact) mass is 498 g/mol. The Balaban J connectivity index is 2.99. The summed E-state index contributed by atoms with van der Waals surface area (Å²) in [5.41, 5.74) is 0.462. The molecule has 0 saturated carbocycles. The largest absolute Gasteiger partial charge is 0.493 e. The molecule has 0 fully saturated rings. The summed E-state index contributed by atoms with van der Waals surface area (Å²) >= 11 is 3.01. The van der Waals surface area contributed by atoms with E-state index < -0.39 is 30.7 Å². The van der Waals surface area contributed by atoms with Gasteiger partial charge in [-0.1, -0.05) is 0 Å². The van der Waals surface area contributed by atoms with Gasteiger partial charge in [0.25, 0.3) is 0 Å². The molecule has 1 rings (SSSR count). The van der Waals surface area contributed by atoms with Crippen LogP contribution in [0, 0.1) is 0 Å². The molecule has 0 amide bonds. The number of carbonyl (C=O) groups excluding carboxylic acids is 1. The molecule has 0 saturated heterocycles. The molecular weight excluding hydrogens is 485 g/mol. The number of nitrogens with zero attached hydrogens (tertiary/aromatic N) is 1. The van der Waals surface area contributed by atoms with Crippen LogP contribution in [0.1, 0.15) is 12.5 Å². The maximum atomic E-state index is 13.2. The molecule has 0 aliphatic heterocycles. The third-order valence-electron chi connectivity index (χ3n) is 3.09. The Labute approximate surface area is 168 Å². The number of carbonyl (C=O) groups is 1. The zero-order chi connectivity index (χ0) is 22.5. The molecule has 1 aromatic rings. The number of hydrogen-bond acceptors (Lipinski definition) is 6. The second-order valence-corrected chi connectivity index (χ2v) is 5.99. The number of ether oxygens (including phenoxy) is 3. The fourth-order valence-corrected chi connectivity index (χ4v) is 2.12. The molecule has 0 radical (unpaired) electrons. The SMILES string of the molecule is CCOC(=O)COc1cc(Br)c(/C=N/NC(F)(F)C(F)(F)C(F)(F)F)cc1OC. The van der Waals surface area contributed by atoms with E-state index in [9.17, 15) is 35.5 Å². The van der Waals surface area contributed by atoms with Gasteiger partial charge in [-0.05, 0) is 35.0 Å². The predicted molar refractivity (Wildman–Crippen MR) is 89.5 cm³/mol. The molecule has 1 aromatic carbocycles. The summed E-state index contributed by atoms with van der Waals surface area (Å²) in [7, 11) is 1.21. The number of nitrogens with one attached hydrogen (secondary N) is 1. The van der Waals surface area contributed by atoms with Gasteiger partial charge in [-0.25, -0.2) is 10.2 Å². The Bertz CT molecular complexity index is 757. The molecule has 0 unspecified atom stereocenters. The van der Waals surface area contributed by atoms with Crippen molar-refractivity contribution >= 4 is 28.1 Å². The number of halogens is 8. The lowest BCUT2D eigenvalue weighted by atomic mass is 10.2. The van der Waals surface area contributed by atoms with Crippen LogP contribution >= 0.6 is 15.9 Å². The molecule has 164 valence electrons. The summed E-state index contributed by atoms with van der Waals surface area (Å²) in [5, 5.41) is 2.75. The lowest BCUT2D eigenvalue weighted by molar-refractivity contribution is -0.361. The second-order valence-electron chi connectivity index (χ2n) is 5.13. The van der Waals surface area contributed by atoms with Gasteiger partial charge in [0.1, 0.15) is 0 Å². The number of alkyl halides is 7. The number of hydrazone groups is 1. The van der Waals surface area contributed by atoms with Crippen LogP contribution in [0.5, 0.6) is 11.5 Å². The Hall–Kier alpha value is -2.25. The van der Waals surface area contributed by atoms with Gasteiger partial charge in [0.2, 0.25) is 0 Å². The molecule has 0 aromatic heterocycles. The van der Waals surface area contributed by atoms with Gasteiger partial charge in [-0.3, -0.25) is 0 Å². The van der Waals surface area contributed by atoms with Gasteiger partial charge in [0, 0.05) is 10.0 Å². The van der Waals surface area contributed by atoms with Crippen molar-refractivity contribution in [3.8, 4) is 11.5 Å². The van der Waals surface area contributed by atoms with Gasteiger partial charge in [-0.15, -0.1) is 0 Å². The summed E-state index contributed by atoms with van der Waals surface area (Å²) in [4.78, 5) is 11.3. The average Bonchev–Trinajstić information content (AvgIpc) is 2.60. The fourth-order valence-electron chi connectivity index (χ4n) is 1.69. The molecular formula is C15H14BrF7N2O4. The van der Waals surface area contributed by atoms with E-state index in [1.807, 2.05) is 0 Å². The van der Waals surface area contributed by atoms with Crippen LogP contribution in [0.4, 0.5) is 30.7 Å². The van der Waals surface area contributed by atoms with Crippen molar-refractivity contribution < 1.29 is 49.7 Å². The molecule has 0 spiro atoms. The first-order chi connectivity index (χ1) is 13.3. The predicted octanol–water partition coefficient (Wildman–Crippen LogP) is 4.11. The van der Waals surface area contributed by atoms with Crippen LogP contribution in [-0.2, 0) is 9.53 Å². The third-order valence-corrected chi connectivity index (χ3v) is 3.78. The number of rotatable bonds is 9. The van der Waals surface area contributed by atoms with Gasteiger partial charge >= 0.3 is 24.1 Å². The second kappa shape index (κ2) is 9.50. The van der Waals surface area contributed by atoms with Crippen LogP contribution in [0.25, 0.3) is 0 Å². The van der Waals surface area contributed by atoms with E-state index in [2.05, 4.69) is 25.8 Å². The maximum Gasteiger partial charge on any atom is 0.462 e. The highest BCUT2D eigenvalue weighted by Gasteiger charge is 2.73. The van der Waals surface area contributed by atoms with Crippen molar-refractivity contribution in [3.63, 3.8) is 0 Å². The zero-order valence-corrected chi connectivity index (χ0v) is 16.3. The Kier molecular flexibility index (Phi) is 8.12. The van der Waals surface area contributed by atoms with Crippen LogP contribution in [0.3, 0.4) is 0 Å². The number of esters is 1. The standard InChI is InChI=1S/C15H14BrF7N2O4/c1-3-28-12(26)7-29-11-5-9(16)8(4-10(11)27-2)6-24-25-15(22,23)13(17,18)14(19,20)21/h4-6,25H,3,7H2,1-2H3/b24-6+. The van der Waals surface area contributed by atoms with Gasteiger partial charge in [0.15, 0.2) is 18.1 Å². The van der Waals surface area contributed by atoms with E-state index in [1.165, 1.54) is 13.2 Å². The smallest absolute Gasteiger partial charge is 0.462 e. The molecule has 0 aliphatic carbocycles. The van der Waals surface area contributed by atoms with Crippen molar-refractivity contribution in [2.45, 2.75) is 25.1 Å². The van der Waals surface area contributed by atoms with Crippen LogP contribution in [0.2, 0.25) is 0 Å². The first kappa shape index (κ1) is 24.8. The molecule has 0 bridgehead atoms. The van der Waals surface area contributed by atoms with E-state index in [1.54, 1.807) is 6.92 Å². The fraction of sp³-hybridized carbons (Fsp3) is 0.467. The molecule has 14 heteroatoms. The average molecular weight is 499 g/mol. The Morgan fingerprint density at radius 3 is 2.31 bits per heavy atom. The summed E-state index contributed by atoms with van der Waals surface area (Å²) in [6.45, 7) is 1.25. The molecule has 1 N–H and O–H groups in total. The minimum atomic E-state index is -6.49. The lowest BCUT2D eigenvalue weighted by Gasteiger charge is -2.27. The molecule has 29 heavy (non-hydrogen) atoms. The van der Waals surface area contributed by atoms with E-state index in [4.69, 9.17) is 9.47 Å². The van der Waals surface area contributed by atoms with Crippen LogP contribution in [0.15, 0.2) is 21.7 Å². The Morgan fingerprint density at radius 2 is 1.79 bits per heavy atom. The van der Waals surface area contributed by atoms with Gasteiger partial charge in [-0.2, -0.15) is 35.8 Å². The normalized spacial score (nSPS) is 12.8. The first-order valence-corrected chi connectivity index (χ1v) is 8.34. The van der Waals surface area contributed by atoms with E-state index in [0.717, 1.165) is 6.07 Å². The van der Waals surface area contributed by atoms with Crippen LogP contribution < -0.4 is 14.9 Å².